The molecular formula is C10H6ClN3. The maximum atomic E-state index is 8.60. The van der Waals surface area contributed by atoms with Gasteiger partial charge in [-0.3, -0.25) is 0 Å². The molecule has 0 saturated heterocycles. The Morgan fingerprint density at radius 3 is 2.29 bits per heavy atom. The minimum Gasteiger partial charge on any atom is -0.397 e. The van der Waals surface area contributed by atoms with Crippen molar-refractivity contribution in [2.45, 2.75) is 0 Å². The van der Waals surface area contributed by atoms with Crippen LogP contribution in [0.2, 0.25) is 5.02 Å². The zero-order valence-electron chi connectivity index (χ0n) is 7.16. The van der Waals surface area contributed by atoms with Gasteiger partial charge in [-0.25, -0.2) is 0 Å². The fourth-order valence-corrected chi connectivity index (χ4v) is 1.20. The minimum atomic E-state index is -0.127. The molecule has 0 spiro atoms. The van der Waals surface area contributed by atoms with E-state index in [9.17, 15) is 0 Å². The van der Waals surface area contributed by atoms with E-state index in [0.29, 0.717) is 10.6 Å². The molecule has 4 heteroatoms. The molecule has 3 nitrogen and oxygen atoms in total. The second-order valence-electron chi connectivity index (χ2n) is 2.49. The molecule has 0 atom stereocenters. The van der Waals surface area contributed by atoms with Gasteiger partial charge in [-0.1, -0.05) is 29.8 Å². The highest BCUT2D eigenvalue weighted by Crippen LogP contribution is 2.21. The van der Waals surface area contributed by atoms with E-state index in [-0.39, 0.29) is 11.3 Å². The van der Waals surface area contributed by atoms with Crippen molar-refractivity contribution in [1.82, 2.24) is 0 Å². The smallest absolute Gasteiger partial charge is 0.153 e. The van der Waals surface area contributed by atoms with Gasteiger partial charge in [0.05, 0.1) is 5.70 Å². The topological polar surface area (TPSA) is 73.6 Å². The first-order valence-electron chi connectivity index (χ1n) is 3.75. The lowest BCUT2D eigenvalue weighted by Crippen LogP contribution is -2.00. The third-order valence-electron chi connectivity index (χ3n) is 1.66. The number of nitriles is 2. The lowest BCUT2D eigenvalue weighted by atomic mass is 10.1. The van der Waals surface area contributed by atoms with Gasteiger partial charge in [0.25, 0.3) is 0 Å². The van der Waals surface area contributed by atoms with Crippen LogP contribution in [-0.4, -0.2) is 0 Å². The molecule has 0 aromatic heterocycles. The number of hydrogen-bond donors (Lipinski definition) is 1. The monoisotopic (exact) mass is 203 g/mol. The highest BCUT2D eigenvalue weighted by molar-refractivity contribution is 6.32. The van der Waals surface area contributed by atoms with Gasteiger partial charge < -0.3 is 5.73 Å². The number of nitrogens with two attached hydrogens (primary N) is 1. The van der Waals surface area contributed by atoms with E-state index >= 15 is 0 Å². The average molecular weight is 204 g/mol. The van der Waals surface area contributed by atoms with Crippen molar-refractivity contribution in [3.8, 4) is 12.1 Å². The van der Waals surface area contributed by atoms with Crippen LogP contribution in [0.1, 0.15) is 5.56 Å². The Labute approximate surface area is 86.6 Å². The zero-order chi connectivity index (χ0) is 10.6. The van der Waals surface area contributed by atoms with Gasteiger partial charge in [0.15, 0.2) is 5.57 Å². The molecule has 2 N–H and O–H groups in total. The van der Waals surface area contributed by atoms with Gasteiger partial charge in [0.1, 0.15) is 12.1 Å². The van der Waals surface area contributed by atoms with Gasteiger partial charge in [0, 0.05) is 10.6 Å². The first-order chi connectivity index (χ1) is 6.70. The Balaban J connectivity index is 3.35. The van der Waals surface area contributed by atoms with E-state index in [1.54, 1.807) is 36.4 Å². The van der Waals surface area contributed by atoms with Crippen LogP contribution < -0.4 is 5.73 Å². The number of nitrogens with zero attached hydrogens (tertiary/aromatic N) is 2. The standard InChI is InChI=1S/C10H6ClN3/c11-9-4-2-1-3-8(9)10(14)7(5-12)6-13/h1-4H,14H2. The van der Waals surface area contributed by atoms with Crippen molar-refractivity contribution in [2.24, 2.45) is 5.73 Å². The highest BCUT2D eigenvalue weighted by atomic mass is 35.5. The van der Waals surface area contributed by atoms with E-state index in [1.807, 2.05) is 0 Å². The molecule has 0 radical (unpaired) electrons. The largest absolute Gasteiger partial charge is 0.397 e. The summed E-state index contributed by atoms with van der Waals surface area (Å²) >= 11 is 5.84. The predicted octanol–water partition coefficient (Wildman–Crippen LogP) is 2.06. The molecule has 0 unspecified atom stereocenters. The summed E-state index contributed by atoms with van der Waals surface area (Å²) in [5.74, 6) is 0. The molecule has 1 aromatic rings. The number of rotatable bonds is 1. The number of hydrogen-bond acceptors (Lipinski definition) is 3. The molecule has 0 heterocycles. The van der Waals surface area contributed by atoms with Crippen LogP contribution >= 0.6 is 11.6 Å². The Morgan fingerprint density at radius 2 is 1.79 bits per heavy atom. The van der Waals surface area contributed by atoms with Gasteiger partial charge >= 0.3 is 0 Å². The van der Waals surface area contributed by atoms with Gasteiger partial charge in [0.2, 0.25) is 0 Å². The summed E-state index contributed by atoms with van der Waals surface area (Å²) in [6, 6.07) is 10.2. The summed E-state index contributed by atoms with van der Waals surface area (Å²) in [5, 5.41) is 17.6. The van der Waals surface area contributed by atoms with Crippen LogP contribution in [0.25, 0.3) is 5.70 Å². The summed E-state index contributed by atoms with van der Waals surface area (Å²) in [4.78, 5) is 0. The summed E-state index contributed by atoms with van der Waals surface area (Å²) in [6.07, 6.45) is 0. The molecule has 1 rings (SSSR count). The molecule has 0 aliphatic carbocycles. The lowest BCUT2D eigenvalue weighted by Gasteiger charge is -2.02. The molecule has 0 fully saturated rings. The number of benzene rings is 1. The predicted molar refractivity (Wildman–Crippen MR) is 53.8 cm³/mol. The third-order valence-corrected chi connectivity index (χ3v) is 1.99. The van der Waals surface area contributed by atoms with E-state index in [0.717, 1.165) is 0 Å². The van der Waals surface area contributed by atoms with Crippen molar-refractivity contribution in [3.05, 3.63) is 40.4 Å². The first kappa shape index (κ1) is 10.1. The van der Waals surface area contributed by atoms with Crippen LogP contribution in [0.15, 0.2) is 29.8 Å². The van der Waals surface area contributed by atoms with Crippen molar-refractivity contribution in [2.75, 3.05) is 0 Å². The van der Waals surface area contributed by atoms with E-state index in [4.69, 9.17) is 27.9 Å². The van der Waals surface area contributed by atoms with Crippen molar-refractivity contribution >= 4 is 17.3 Å². The third kappa shape index (κ3) is 1.85. The number of allylic oxidation sites excluding steroid dienone is 1. The van der Waals surface area contributed by atoms with E-state index < -0.39 is 0 Å². The quantitative estimate of drug-likeness (QED) is 0.710. The van der Waals surface area contributed by atoms with E-state index in [2.05, 4.69) is 0 Å². The van der Waals surface area contributed by atoms with Crippen molar-refractivity contribution in [1.29, 1.82) is 10.5 Å². The summed E-state index contributed by atoms with van der Waals surface area (Å²) < 4.78 is 0. The molecule has 0 aliphatic rings. The van der Waals surface area contributed by atoms with Crippen LogP contribution in [0, 0.1) is 22.7 Å². The molecule has 1 aromatic carbocycles. The maximum absolute atomic E-state index is 8.60. The summed E-state index contributed by atoms with van der Waals surface area (Å²) in [7, 11) is 0. The fraction of sp³-hybridized carbons (Fsp3) is 0. The molecule has 0 aliphatic heterocycles. The van der Waals surface area contributed by atoms with Gasteiger partial charge in [-0.05, 0) is 6.07 Å². The molecule has 0 saturated carbocycles. The van der Waals surface area contributed by atoms with Gasteiger partial charge in [-0.15, -0.1) is 0 Å². The molecular weight excluding hydrogens is 198 g/mol. The Bertz CT molecular complexity index is 447. The summed E-state index contributed by atoms with van der Waals surface area (Å²) in [6.45, 7) is 0. The highest BCUT2D eigenvalue weighted by Gasteiger charge is 2.07. The maximum Gasteiger partial charge on any atom is 0.153 e. The molecule has 68 valence electrons. The van der Waals surface area contributed by atoms with Crippen LogP contribution in [0.3, 0.4) is 0 Å². The Kier molecular flexibility index (Phi) is 3.12. The fourth-order valence-electron chi connectivity index (χ4n) is 0.960. The zero-order valence-corrected chi connectivity index (χ0v) is 7.92. The van der Waals surface area contributed by atoms with E-state index in [1.165, 1.54) is 0 Å². The van der Waals surface area contributed by atoms with Crippen LogP contribution in [0.4, 0.5) is 0 Å². The van der Waals surface area contributed by atoms with Gasteiger partial charge in [-0.2, -0.15) is 10.5 Å². The molecule has 0 bridgehead atoms. The normalized spacial score (nSPS) is 8.50. The lowest BCUT2D eigenvalue weighted by molar-refractivity contribution is 1.42. The first-order valence-corrected chi connectivity index (χ1v) is 4.13. The SMILES string of the molecule is N#CC(C#N)=C(N)c1ccccc1Cl. The van der Waals surface area contributed by atoms with Crippen molar-refractivity contribution in [3.63, 3.8) is 0 Å². The second-order valence-corrected chi connectivity index (χ2v) is 2.90. The second kappa shape index (κ2) is 4.32. The molecule has 0 amide bonds. The summed E-state index contributed by atoms with van der Waals surface area (Å²) in [5.41, 5.74) is 6.10. The van der Waals surface area contributed by atoms with Crippen molar-refractivity contribution < 1.29 is 0 Å². The number of halogens is 1. The molecule has 14 heavy (non-hydrogen) atoms. The van der Waals surface area contributed by atoms with Crippen LogP contribution in [0.5, 0.6) is 0 Å². The Morgan fingerprint density at radius 1 is 1.21 bits per heavy atom. The average Bonchev–Trinajstić information content (AvgIpc) is 2.20. The minimum absolute atomic E-state index is 0.112. The van der Waals surface area contributed by atoms with Crippen LogP contribution in [-0.2, 0) is 0 Å². The Hall–Kier alpha value is -1.97.